The van der Waals surface area contributed by atoms with Crippen molar-refractivity contribution in [3.63, 3.8) is 0 Å². The van der Waals surface area contributed by atoms with Gasteiger partial charge >= 0.3 is 6.18 Å². The van der Waals surface area contributed by atoms with Crippen molar-refractivity contribution in [2.45, 2.75) is 51.7 Å². The molecule has 1 atom stereocenters. The summed E-state index contributed by atoms with van der Waals surface area (Å²) in [6, 6.07) is 0.201. The van der Waals surface area contributed by atoms with E-state index in [4.69, 9.17) is 5.73 Å². The monoisotopic (exact) mass is 296 g/mol. The van der Waals surface area contributed by atoms with E-state index in [9.17, 15) is 13.2 Å². The van der Waals surface area contributed by atoms with Crippen molar-refractivity contribution >= 4 is 17.2 Å². The minimum Gasteiger partial charge on any atom is -0.393 e. The number of hydrogen-bond donors (Lipinski definition) is 1. The van der Waals surface area contributed by atoms with Crippen molar-refractivity contribution in [3.8, 4) is 0 Å². The Labute approximate surface area is 118 Å². The van der Waals surface area contributed by atoms with Gasteiger partial charge in [0.1, 0.15) is 5.92 Å². The summed E-state index contributed by atoms with van der Waals surface area (Å²) in [5, 5.41) is 0. The van der Waals surface area contributed by atoms with Crippen LogP contribution in [0, 0.1) is 11.3 Å². The maximum absolute atomic E-state index is 12.8. The van der Waals surface area contributed by atoms with Crippen molar-refractivity contribution in [1.82, 2.24) is 4.90 Å². The van der Waals surface area contributed by atoms with Crippen LogP contribution in [0.5, 0.6) is 0 Å². The van der Waals surface area contributed by atoms with Crippen LogP contribution in [-0.4, -0.2) is 35.7 Å². The van der Waals surface area contributed by atoms with Crippen LogP contribution in [0.25, 0.3) is 0 Å². The molecule has 0 radical (unpaired) electrons. The molecule has 1 aliphatic rings. The molecule has 1 fully saturated rings. The van der Waals surface area contributed by atoms with Gasteiger partial charge in [0.2, 0.25) is 0 Å². The first-order valence-electron chi connectivity index (χ1n) is 6.59. The van der Waals surface area contributed by atoms with Gasteiger partial charge in [0.05, 0.1) is 4.99 Å². The Morgan fingerprint density at radius 1 is 1.37 bits per heavy atom. The van der Waals surface area contributed by atoms with Crippen LogP contribution in [0.15, 0.2) is 0 Å². The first-order valence-corrected chi connectivity index (χ1v) is 7.00. The zero-order valence-corrected chi connectivity index (χ0v) is 12.6. The lowest BCUT2D eigenvalue weighted by Gasteiger charge is -2.39. The Morgan fingerprint density at radius 2 is 1.84 bits per heavy atom. The summed E-state index contributed by atoms with van der Waals surface area (Å²) in [4.78, 5) is 1.31. The summed E-state index contributed by atoms with van der Waals surface area (Å²) in [6.07, 6.45) is -0.387. The van der Waals surface area contributed by atoms with E-state index in [-0.39, 0.29) is 12.6 Å². The minimum atomic E-state index is -4.35. The highest BCUT2D eigenvalue weighted by Crippen LogP contribution is 2.37. The second kappa shape index (κ2) is 5.95. The van der Waals surface area contributed by atoms with E-state index in [1.807, 2.05) is 0 Å². The van der Waals surface area contributed by atoms with Crippen LogP contribution in [0.4, 0.5) is 13.2 Å². The summed E-state index contributed by atoms with van der Waals surface area (Å²) in [6.45, 7) is 4.28. The van der Waals surface area contributed by atoms with Gasteiger partial charge in [-0.3, -0.25) is 0 Å². The molecule has 0 amide bonds. The number of nitrogens with zero attached hydrogens (tertiary/aromatic N) is 1. The molecule has 2 N–H and O–H groups in total. The lowest BCUT2D eigenvalue weighted by Crippen LogP contribution is -2.46. The summed E-state index contributed by atoms with van der Waals surface area (Å²) >= 11 is 4.55. The van der Waals surface area contributed by atoms with Crippen LogP contribution in [0.3, 0.4) is 0 Å². The smallest absolute Gasteiger partial charge is 0.393 e. The third-order valence-corrected chi connectivity index (χ3v) is 4.43. The number of alkyl halides is 3. The number of rotatable bonds is 4. The topological polar surface area (TPSA) is 29.3 Å². The third-order valence-electron chi connectivity index (χ3n) is 4.14. The molecule has 0 bridgehead atoms. The molecule has 1 unspecified atom stereocenters. The quantitative estimate of drug-likeness (QED) is 0.807. The predicted octanol–water partition coefficient (Wildman–Crippen LogP) is 3.35. The SMILES string of the molecule is CN(CC(C(N)=S)C(F)(F)F)C1CCC(C)(C)CC1. The maximum atomic E-state index is 12.8. The Morgan fingerprint density at radius 3 is 2.21 bits per heavy atom. The molecule has 0 aromatic carbocycles. The second-order valence-electron chi connectivity index (χ2n) is 6.33. The first kappa shape index (κ1) is 16.7. The normalized spacial score (nSPS) is 22.5. The molecule has 2 nitrogen and oxygen atoms in total. The standard InChI is InChI=1S/C13H23F3N2S/c1-12(2)6-4-9(5-7-12)18(3)8-10(11(17)19)13(14,15)16/h9-10H,4-8H2,1-3H3,(H2,17,19). The molecule has 19 heavy (non-hydrogen) atoms. The van der Waals surface area contributed by atoms with Crippen molar-refractivity contribution in [2.75, 3.05) is 13.6 Å². The van der Waals surface area contributed by atoms with Gasteiger partial charge in [-0.2, -0.15) is 13.2 Å². The lowest BCUT2D eigenvalue weighted by molar-refractivity contribution is -0.160. The van der Waals surface area contributed by atoms with E-state index < -0.39 is 17.1 Å². The summed E-state index contributed by atoms with van der Waals surface area (Å²) in [5.41, 5.74) is 5.54. The zero-order chi connectivity index (χ0) is 14.8. The molecule has 0 aromatic heterocycles. The summed E-state index contributed by atoms with van der Waals surface area (Å²) < 4.78 is 38.5. The highest BCUT2D eigenvalue weighted by molar-refractivity contribution is 7.80. The largest absolute Gasteiger partial charge is 0.399 e. The lowest BCUT2D eigenvalue weighted by atomic mass is 9.75. The molecule has 0 heterocycles. The van der Waals surface area contributed by atoms with Crippen LogP contribution >= 0.6 is 12.2 Å². The fourth-order valence-corrected chi connectivity index (χ4v) is 2.82. The molecule has 0 saturated heterocycles. The predicted molar refractivity (Wildman–Crippen MR) is 75.0 cm³/mol. The van der Waals surface area contributed by atoms with Gasteiger partial charge in [0.15, 0.2) is 0 Å². The highest BCUT2D eigenvalue weighted by Gasteiger charge is 2.43. The summed E-state index contributed by atoms with van der Waals surface area (Å²) in [7, 11) is 1.74. The van der Waals surface area contributed by atoms with Gasteiger partial charge in [0.25, 0.3) is 0 Å². The highest BCUT2D eigenvalue weighted by atomic mass is 32.1. The van der Waals surface area contributed by atoms with Crippen molar-refractivity contribution in [3.05, 3.63) is 0 Å². The van der Waals surface area contributed by atoms with Crippen molar-refractivity contribution in [1.29, 1.82) is 0 Å². The van der Waals surface area contributed by atoms with Crippen LogP contribution < -0.4 is 5.73 Å². The van der Waals surface area contributed by atoms with Gasteiger partial charge in [0, 0.05) is 12.6 Å². The van der Waals surface area contributed by atoms with Crippen LogP contribution in [0.1, 0.15) is 39.5 Å². The fourth-order valence-electron chi connectivity index (χ4n) is 2.62. The molecular formula is C13H23F3N2S. The first-order chi connectivity index (χ1) is 8.53. The third kappa shape index (κ3) is 4.91. The Kier molecular flexibility index (Phi) is 5.23. The van der Waals surface area contributed by atoms with Crippen molar-refractivity contribution < 1.29 is 13.2 Å². The molecule has 1 rings (SSSR count). The fraction of sp³-hybridized carbons (Fsp3) is 0.923. The Balaban J connectivity index is 2.59. The van der Waals surface area contributed by atoms with E-state index in [0.717, 1.165) is 25.7 Å². The molecule has 6 heteroatoms. The number of halogens is 3. The average molecular weight is 296 g/mol. The van der Waals surface area contributed by atoms with E-state index in [0.29, 0.717) is 5.41 Å². The van der Waals surface area contributed by atoms with E-state index in [1.54, 1.807) is 11.9 Å². The van der Waals surface area contributed by atoms with Crippen LogP contribution in [0.2, 0.25) is 0 Å². The Hall–Kier alpha value is -0.360. The second-order valence-corrected chi connectivity index (χ2v) is 6.80. The zero-order valence-electron chi connectivity index (χ0n) is 11.8. The molecule has 1 saturated carbocycles. The molecule has 0 aromatic rings. The molecule has 112 valence electrons. The molecule has 1 aliphatic carbocycles. The number of thiocarbonyl (C=S) groups is 1. The Bertz CT molecular complexity index is 318. The van der Waals surface area contributed by atoms with E-state index in [1.165, 1.54) is 0 Å². The molecular weight excluding hydrogens is 273 g/mol. The maximum Gasteiger partial charge on any atom is 0.399 e. The van der Waals surface area contributed by atoms with Crippen molar-refractivity contribution in [2.24, 2.45) is 17.1 Å². The number of hydrogen-bond acceptors (Lipinski definition) is 2. The average Bonchev–Trinajstić information content (AvgIpc) is 2.23. The van der Waals surface area contributed by atoms with E-state index >= 15 is 0 Å². The van der Waals surface area contributed by atoms with Gasteiger partial charge in [-0.15, -0.1) is 0 Å². The molecule has 0 spiro atoms. The van der Waals surface area contributed by atoms with Gasteiger partial charge in [-0.1, -0.05) is 26.1 Å². The van der Waals surface area contributed by atoms with Gasteiger partial charge in [-0.05, 0) is 38.1 Å². The van der Waals surface area contributed by atoms with Crippen LogP contribution in [-0.2, 0) is 0 Å². The van der Waals surface area contributed by atoms with E-state index in [2.05, 4.69) is 26.1 Å². The van der Waals surface area contributed by atoms with Gasteiger partial charge in [-0.25, -0.2) is 0 Å². The minimum absolute atomic E-state index is 0.135. The molecule has 0 aliphatic heterocycles. The summed E-state index contributed by atoms with van der Waals surface area (Å²) in [5.74, 6) is -1.71. The van der Waals surface area contributed by atoms with Gasteiger partial charge < -0.3 is 10.6 Å². The number of nitrogens with two attached hydrogens (primary N) is 1.